The molecule has 4 rings (SSSR count). The lowest BCUT2D eigenvalue weighted by molar-refractivity contribution is 0.0935. The van der Waals surface area contributed by atoms with Crippen molar-refractivity contribution in [3.05, 3.63) is 118 Å². The molecule has 4 aromatic rings. The molecule has 3 aromatic carbocycles. The number of benzene rings is 3. The van der Waals surface area contributed by atoms with Crippen LogP contribution in [0, 0.1) is 25.5 Å². The van der Waals surface area contributed by atoms with Crippen molar-refractivity contribution in [3.63, 3.8) is 0 Å². The minimum Gasteiger partial charge on any atom is -0.349 e. The van der Waals surface area contributed by atoms with Crippen LogP contribution >= 0.6 is 0 Å². The van der Waals surface area contributed by atoms with Crippen molar-refractivity contribution in [2.45, 2.75) is 52.6 Å². The van der Waals surface area contributed by atoms with Crippen molar-refractivity contribution in [2.24, 2.45) is 0 Å². The van der Waals surface area contributed by atoms with Crippen LogP contribution in [0.5, 0.6) is 0 Å². The van der Waals surface area contributed by atoms with E-state index in [1.165, 1.54) is 23.3 Å². The maximum Gasteiger partial charge on any atom is 0.251 e. The van der Waals surface area contributed by atoms with E-state index in [9.17, 15) is 13.6 Å². The SMILES string of the molecule is CCc1cccc(CNCC[C@H](Cc2cc(F)cc(F)c2)NC(=O)c2ccc(-n3nc(C)cc3C)cc2)c1. The number of aromatic nitrogens is 2. The Hall–Kier alpha value is -3.84. The molecule has 0 aliphatic carbocycles. The van der Waals surface area contributed by atoms with Crippen LogP contribution in [0.25, 0.3) is 5.69 Å². The number of rotatable bonds is 11. The van der Waals surface area contributed by atoms with Gasteiger partial charge >= 0.3 is 0 Å². The maximum atomic E-state index is 13.8. The van der Waals surface area contributed by atoms with Gasteiger partial charge in [0.05, 0.1) is 11.4 Å². The molecule has 0 fully saturated rings. The molecular weight excluding hydrogens is 482 g/mol. The zero-order chi connectivity index (χ0) is 27.1. The van der Waals surface area contributed by atoms with Gasteiger partial charge in [-0.05, 0) is 98.8 Å². The number of carbonyl (C=O) groups is 1. The maximum absolute atomic E-state index is 13.8. The second-order valence-electron chi connectivity index (χ2n) is 9.68. The molecule has 0 aliphatic rings. The lowest BCUT2D eigenvalue weighted by Gasteiger charge is -2.20. The summed E-state index contributed by atoms with van der Waals surface area (Å²) in [6.07, 6.45) is 1.90. The predicted molar refractivity (Wildman–Crippen MR) is 146 cm³/mol. The molecule has 7 heteroatoms. The monoisotopic (exact) mass is 516 g/mol. The fourth-order valence-electron chi connectivity index (χ4n) is 4.62. The minimum atomic E-state index is -0.626. The molecule has 0 saturated carbocycles. The molecule has 1 aromatic heterocycles. The second kappa shape index (κ2) is 12.6. The van der Waals surface area contributed by atoms with Crippen LogP contribution in [0.2, 0.25) is 0 Å². The summed E-state index contributed by atoms with van der Waals surface area (Å²) in [6, 6.07) is 20.8. The highest BCUT2D eigenvalue weighted by Gasteiger charge is 2.16. The van der Waals surface area contributed by atoms with Gasteiger partial charge in [-0.3, -0.25) is 4.79 Å². The molecule has 0 spiro atoms. The summed E-state index contributed by atoms with van der Waals surface area (Å²) >= 11 is 0. The van der Waals surface area contributed by atoms with Crippen molar-refractivity contribution in [1.29, 1.82) is 0 Å². The fraction of sp³-hybridized carbons (Fsp3) is 0.290. The Morgan fingerprint density at radius 2 is 1.63 bits per heavy atom. The average molecular weight is 517 g/mol. The molecular formula is C31H34F2N4O. The lowest BCUT2D eigenvalue weighted by atomic mass is 10.0. The molecule has 1 heterocycles. The Kier molecular flexibility index (Phi) is 9.02. The highest BCUT2D eigenvalue weighted by molar-refractivity contribution is 5.94. The van der Waals surface area contributed by atoms with E-state index in [2.05, 4.69) is 46.9 Å². The summed E-state index contributed by atoms with van der Waals surface area (Å²) in [5.74, 6) is -1.49. The van der Waals surface area contributed by atoms with Gasteiger partial charge in [-0.1, -0.05) is 31.2 Å². The Balaban J connectivity index is 1.42. The van der Waals surface area contributed by atoms with Crippen LogP contribution in [0.15, 0.2) is 72.8 Å². The molecule has 198 valence electrons. The normalized spacial score (nSPS) is 11.9. The zero-order valence-corrected chi connectivity index (χ0v) is 22.1. The van der Waals surface area contributed by atoms with Crippen molar-refractivity contribution in [1.82, 2.24) is 20.4 Å². The summed E-state index contributed by atoms with van der Waals surface area (Å²) in [4.78, 5) is 13.1. The van der Waals surface area contributed by atoms with Gasteiger partial charge < -0.3 is 10.6 Å². The third kappa shape index (κ3) is 7.35. The van der Waals surface area contributed by atoms with E-state index >= 15 is 0 Å². The number of amides is 1. The Morgan fingerprint density at radius 1 is 0.921 bits per heavy atom. The average Bonchev–Trinajstić information content (AvgIpc) is 3.23. The van der Waals surface area contributed by atoms with Gasteiger partial charge in [-0.15, -0.1) is 0 Å². The highest BCUT2D eigenvalue weighted by Crippen LogP contribution is 2.15. The van der Waals surface area contributed by atoms with Gasteiger partial charge in [-0.25, -0.2) is 13.5 Å². The topological polar surface area (TPSA) is 58.9 Å². The Morgan fingerprint density at radius 3 is 2.29 bits per heavy atom. The van der Waals surface area contributed by atoms with Crippen molar-refractivity contribution < 1.29 is 13.6 Å². The van der Waals surface area contributed by atoms with Crippen molar-refractivity contribution in [2.75, 3.05) is 6.54 Å². The van der Waals surface area contributed by atoms with Crippen LogP contribution in [0.4, 0.5) is 8.78 Å². The van der Waals surface area contributed by atoms with Gasteiger partial charge in [0, 0.05) is 29.9 Å². The number of carbonyl (C=O) groups excluding carboxylic acids is 1. The summed E-state index contributed by atoms with van der Waals surface area (Å²) < 4.78 is 29.5. The number of hydrogen-bond acceptors (Lipinski definition) is 3. The van der Waals surface area contributed by atoms with Crippen LogP contribution in [0.3, 0.4) is 0 Å². The third-order valence-electron chi connectivity index (χ3n) is 6.52. The third-order valence-corrected chi connectivity index (χ3v) is 6.52. The van der Waals surface area contributed by atoms with E-state index in [0.29, 0.717) is 37.1 Å². The van der Waals surface area contributed by atoms with E-state index in [4.69, 9.17) is 0 Å². The zero-order valence-electron chi connectivity index (χ0n) is 22.1. The van der Waals surface area contributed by atoms with Gasteiger partial charge in [-0.2, -0.15) is 5.10 Å². The number of hydrogen-bond donors (Lipinski definition) is 2. The van der Waals surface area contributed by atoms with E-state index in [0.717, 1.165) is 29.6 Å². The van der Waals surface area contributed by atoms with Crippen molar-refractivity contribution >= 4 is 5.91 Å². The first-order chi connectivity index (χ1) is 18.3. The first-order valence-corrected chi connectivity index (χ1v) is 13.0. The molecule has 0 radical (unpaired) electrons. The molecule has 0 unspecified atom stereocenters. The lowest BCUT2D eigenvalue weighted by Crippen LogP contribution is -2.38. The van der Waals surface area contributed by atoms with Crippen LogP contribution in [-0.4, -0.2) is 28.3 Å². The molecule has 0 saturated heterocycles. The largest absolute Gasteiger partial charge is 0.349 e. The van der Waals surface area contributed by atoms with Crippen LogP contribution in [-0.2, 0) is 19.4 Å². The summed E-state index contributed by atoms with van der Waals surface area (Å²) in [6.45, 7) is 7.39. The Labute approximate surface area is 222 Å². The number of nitrogens with zero attached hydrogens (tertiary/aromatic N) is 2. The molecule has 38 heavy (non-hydrogen) atoms. The first kappa shape index (κ1) is 27.2. The summed E-state index contributed by atoms with van der Waals surface area (Å²) in [7, 11) is 0. The second-order valence-corrected chi connectivity index (χ2v) is 9.68. The van der Waals surface area contributed by atoms with Gasteiger partial charge in [0.25, 0.3) is 5.91 Å². The number of halogens is 2. The van der Waals surface area contributed by atoms with E-state index in [-0.39, 0.29) is 11.9 Å². The molecule has 5 nitrogen and oxygen atoms in total. The molecule has 0 aliphatic heterocycles. The molecule has 1 atom stereocenters. The molecule has 0 bridgehead atoms. The number of nitrogens with one attached hydrogen (secondary N) is 2. The Bertz CT molecular complexity index is 1360. The number of aryl methyl sites for hydroxylation is 3. The summed E-state index contributed by atoms with van der Waals surface area (Å²) in [5, 5.41) is 11.0. The van der Waals surface area contributed by atoms with E-state index in [1.807, 2.05) is 36.7 Å². The summed E-state index contributed by atoms with van der Waals surface area (Å²) in [5.41, 5.74) is 6.29. The first-order valence-electron chi connectivity index (χ1n) is 13.0. The van der Waals surface area contributed by atoms with Gasteiger partial charge in [0.2, 0.25) is 0 Å². The molecule has 2 N–H and O–H groups in total. The molecule has 1 amide bonds. The van der Waals surface area contributed by atoms with Crippen LogP contribution < -0.4 is 10.6 Å². The van der Waals surface area contributed by atoms with E-state index < -0.39 is 11.6 Å². The van der Waals surface area contributed by atoms with Crippen molar-refractivity contribution in [3.8, 4) is 5.69 Å². The fourth-order valence-corrected chi connectivity index (χ4v) is 4.62. The standard InChI is InChI=1S/C31H34F2N4O/c1-4-23-6-5-7-24(15-23)20-34-13-12-29(18-25-16-27(32)19-28(33)17-25)35-31(38)26-8-10-30(11-9-26)37-22(3)14-21(2)36-37/h5-11,14-17,19,29,34H,4,12-13,18,20H2,1-3H3,(H,35,38)/t29-/m1/s1. The highest BCUT2D eigenvalue weighted by atomic mass is 19.1. The quantitative estimate of drug-likeness (QED) is 0.246. The van der Waals surface area contributed by atoms with Gasteiger partial charge in [0.1, 0.15) is 11.6 Å². The predicted octanol–water partition coefficient (Wildman–Crippen LogP) is 5.85. The minimum absolute atomic E-state index is 0.234. The van der Waals surface area contributed by atoms with Gasteiger partial charge in [0.15, 0.2) is 0 Å². The van der Waals surface area contributed by atoms with Crippen LogP contribution in [0.1, 0.15) is 51.8 Å². The van der Waals surface area contributed by atoms with E-state index in [1.54, 1.807) is 12.1 Å². The smallest absolute Gasteiger partial charge is 0.251 e.